The van der Waals surface area contributed by atoms with Gasteiger partial charge in [-0.05, 0) is 37.5 Å². The molecular formula is C17H24FN3O3S. The standard InChI is InChI=1S/C17H24FN3O3S/c1-2-19-17(20-10-12-6-8-25(22,23)11-12)21-15-5-7-24-16-4-3-13(18)9-14(15)16/h3-4,9,12,15H,2,5-8,10-11H2,1H3,(H2,19,20,21). The molecule has 0 aromatic heterocycles. The summed E-state index contributed by atoms with van der Waals surface area (Å²) in [5, 5.41) is 6.50. The van der Waals surface area contributed by atoms with Crippen molar-refractivity contribution in [2.75, 3.05) is 31.2 Å². The van der Waals surface area contributed by atoms with E-state index in [9.17, 15) is 12.8 Å². The van der Waals surface area contributed by atoms with E-state index in [1.54, 1.807) is 6.07 Å². The van der Waals surface area contributed by atoms with Crippen molar-refractivity contribution in [1.29, 1.82) is 0 Å². The highest BCUT2D eigenvalue weighted by Gasteiger charge is 2.28. The molecule has 138 valence electrons. The van der Waals surface area contributed by atoms with E-state index >= 15 is 0 Å². The monoisotopic (exact) mass is 369 g/mol. The first-order chi connectivity index (χ1) is 12.0. The Kier molecular flexibility index (Phi) is 5.46. The molecule has 0 spiro atoms. The Morgan fingerprint density at radius 1 is 1.40 bits per heavy atom. The predicted octanol–water partition coefficient (Wildman–Crippen LogP) is 1.64. The van der Waals surface area contributed by atoms with E-state index in [4.69, 9.17) is 4.74 Å². The van der Waals surface area contributed by atoms with Crippen molar-refractivity contribution in [3.05, 3.63) is 29.6 Å². The molecule has 6 nitrogen and oxygen atoms in total. The van der Waals surface area contributed by atoms with Gasteiger partial charge in [-0.3, -0.25) is 4.99 Å². The SMILES string of the molecule is CCNC(=NCC1CCS(=O)(=O)C1)NC1CCOc2ccc(F)cc21. The van der Waals surface area contributed by atoms with Crippen molar-refractivity contribution in [3.63, 3.8) is 0 Å². The number of rotatable bonds is 4. The van der Waals surface area contributed by atoms with Crippen molar-refractivity contribution in [2.24, 2.45) is 10.9 Å². The molecular weight excluding hydrogens is 345 g/mol. The molecule has 0 radical (unpaired) electrons. The number of nitrogens with zero attached hydrogens (tertiary/aromatic N) is 1. The summed E-state index contributed by atoms with van der Waals surface area (Å²) in [6.45, 7) is 3.67. The lowest BCUT2D eigenvalue weighted by atomic mass is 10.0. The number of ether oxygens (including phenoxy) is 1. The number of hydrogen-bond acceptors (Lipinski definition) is 4. The summed E-state index contributed by atoms with van der Waals surface area (Å²) in [5.74, 6) is 1.54. The van der Waals surface area contributed by atoms with Crippen molar-refractivity contribution >= 4 is 15.8 Å². The zero-order valence-electron chi connectivity index (χ0n) is 14.3. The summed E-state index contributed by atoms with van der Waals surface area (Å²) in [7, 11) is -2.90. The normalized spacial score (nSPS) is 25.1. The zero-order chi connectivity index (χ0) is 17.9. The molecule has 0 amide bonds. The quantitative estimate of drug-likeness (QED) is 0.623. The number of fused-ring (bicyclic) bond motifs is 1. The predicted molar refractivity (Wildman–Crippen MR) is 95.1 cm³/mol. The highest BCUT2D eigenvalue weighted by atomic mass is 32.2. The Hall–Kier alpha value is -1.83. The average Bonchev–Trinajstić information content (AvgIpc) is 2.92. The minimum atomic E-state index is -2.90. The van der Waals surface area contributed by atoms with Gasteiger partial charge in [0, 0.05) is 25.1 Å². The largest absolute Gasteiger partial charge is 0.493 e. The Labute approximate surface area is 147 Å². The van der Waals surface area contributed by atoms with E-state index in [-0.39, 0.29) is 29.3 Å². The second kappa shape index (κ2) is 7.59. The van der Waals surface area contributed by atoms with Gasteiger partial charge in [-0.15, -0.1) is 0 Å². The molecule has 2 aliphatic heterocycles. The highest BCUT2D eigenvalue weighted by Crippen LogP contribution is 2.32. The maximum atomic E-state index is 13.6. The Balaban J connectivity index is 1.70. The number of aliphatic imine (C=N–C) groups is 1. The number of benzene rings is 1. The highest BCUT2D eigenvalue weighted by molar-refractivity contribution is 7.91. The van der Waals surface area contributed by atoms with Crippen molar-refractivity contribution in [3.8, 4) is 5.75 Å². The first kappa shape index (κ1) is 18.0. The number of nitrogens with one attached hydrogen (secondary N) is 2. The van der Waals surface area contributed by atoms with Gasteiger partial charge in [-0.25, -0.2) is 12.8 Å². The van der Waals surface area contributed by atoms with Gasteiger partial charge in [0.15, 0.2) is 15.8 Å². The smallest absolute Gasteiger partial charge is 0.191 e. The summed E-state index contributed by atoms with van der Waals surface area (Å²) in [6, 6.07) is 4.43. The van der Waals surface area contributed by atoms with Crippen LogP contribution in [0.3, 0.4) is 0 Å². The van der Waals surface area contributed by atoms with E-state index in [1.807, 2.05) is 6.92 Å². The second-order valence-corrected chi connectivity index (χ2v) is 8.73. The fraction of sp³-hybridized carbons (Fsp3) is 0.588. The van der Waals surface area contributed by atoms with Crippen LogP contribution in [-0.4, -0.2) is 45.6 Å². The molecule has 0 bridgehead atoms. The third kappa shape index (κ3) is 4.62. The van der Waals surface area contributed by atoms with Gasteiger partial charge in [-0.1, -0.05) is 0 Å². The van der Waals surface area contributed by atoms with E-state index < -0.39 is 9.84 Å². The summed E-state index contributed by atoms with van der Waals surface area (Å²) in [5.41, 5.74) is 0.778. The van der Waals surface area contributed by atoms with Crippen LogP contribution in [0.1, 0.15) is 31.4 Å². The lowest BCUT2D eigenvalue weighted by molar-refractivity contribution is 0.260. The van der Waals surface area contributed by atoms with Crippen LogP contribution in [0.5, 0.6) is 5.75 Å². The Bertz CT molecular complexity index is 752. The molecule has 25 heavy (non-hydrogen) atoms. The number of sulfone groups is 1. The number of halogens is 1. The van der Waals surface area contributed by atoms with Crippen LogP contribution in [0.2, 0.25) is 0 Å². The van der Waals surface area contributed by atoms with Gasteiger partial charge in [-0.2, -0.15) is 0 Å². The molecule has 3 rings (SSSR count). The fourth-order valence-corrected chi connectivity index (χ4v) is 5.09. The third-order valence-electron chi connectivity index (χ3n) is 4.50. The van der Waals surface area contributed by atoms with E-state index in [2.05, 4.69) is 15.6 Å². The Morgan fingerprint density at radius 3 is 2.96 bits per heavy atom. The summed E-state index contributed by atoms with van der Waals surface area (Å²) in [6.07, 6.45) is 1.37. The minimum Gasteiger partial charge on any atom is -0.493 e. The molecule has 2 N–H and O–H groups in total. The summed E-state index contributed by atoms with van der Waals surface area (Å²) < 4.78 is 42.3. The molecule has 2 unspecified atom stereocenters. The van der Waals surface area contributed by atoms with Crippen LogP contribution in [0.25, 0.3) is 0 Å². The van der Waals surface area contributed by atoms with E-state index in [0.29, 0.717) is 44.2 Å². The number of guanidine groups is 1. The molecule has 1 aromatic carbocycles. The summed E-state index contributed by atoms with van der Waals surface area (Å²) in [4.78, 5) is 4.55. The van der Waals surface area contributed by atoms with Crippen molar-refractivity contribution < 1.29 is 17.5 Å². The van der Waals surface area contributed by atoms with Crippen molar-refractivity contribution in [1.82, 2.24) is 10.6 Å². The fourth-order valence-electron chi connectivity index (χ4n) is 3.24. The summed E-state index contributed by atoms with van der Waals surface area (Å²) >= 11 is 0. The molecule has 0 aliphatic carbocycles. The number of hydrogen-bond donors (Lipinski definition) is 2. The molecule has 8 heteroatoms. The second-order valence-electron chi connectivity index (χ2n) is 6.50. The van der Waals surface area contributed by atoms with Crippen LogP contribution in [-0.2, 0) is 9.84 Å². The molecule has 2 aliphatic rings. The third-order valence-corrected chi connectivity index (χ3v) is 6.34. The van der Waals surface area contributed by atoms with E-state index in [0.717, 1.165) is 5.56 Å². The average molecular weight is 369 g/mol. The lowest BCUT2D eigenvalue weighted by Crippen LogP contribution is -2.41. The van der Waals surface area contributed by atoms with Gasteiger partial charge in [0.05, 0.1) is 24.2 Å². The van der Waals surface area contributed by atoms with Gasteiger partial charge in [0.2, 0.25) is 0 Å². The first-order valence-corrected chi connectivity index (χ1v) is 10.5. The van der Waals surface area contributed by atoms with Crippen LogP contribution in [0, 0.1) is 11.7 Å². The van der Waals surface area contributed by atoms with Gasteiger partial charge in [0.1, 0.15) is 11.6 Å². The van der Waals surface area contributed by atoms with Crippen LogP contribution in [0.4, 0.5) is 4.39 Å². The van der Waals surface area contributed by atoms with Crippen molar-refractivity contribution in [2.45, 2.75) is 25.8 Å². The Morgan fingerprint density at radius 2 is 2.24 bits per heavy atom. The lowest BCUT2D eigenvalue weighted by Gasteiger charge is -2.28. The minimum absolute atomic E-state index is 0.0693. The van der Waals surface area contributed by atoms with E-state index in [1.165, 1.54) is 12.1 Å². The van der Waals surface area contributed by atoms with Gasteiger partial charge in [0.25, 0.3) is 0 Å². The van der Waals surface area contributed by atoms with Gasteiger partial charge < -0.3 is 15.4 Å². The van der Waals surface area contributed by atoms with Gasteiger partial charge >= 0.3 is 0 Å². The molecule has 2 heterocycles. The van der Waals surface area contributed by atoms with Crippen LogP contribution in [0.15, 0.2) is 23.2 Å². The zero-order valence-corrected chi connectivity index (χ0v) is 15.1. The van der Waals surface area contributed by atoms with Crippen LogP contribution < -0.4 is 15.4 Å². The molecule has 1 aromatic rings. The molecule has 1 fully saturated rings. The molecule has 1 saturated heterocycles. The maximum absolute atomic E-state index is 13.6. The molecule has 0 saturated carbocycles. The maximum Gasteiger partial charge on any atom is 0.191 e. The first-order valence-electron chi connectivity index (χ1n) is 8.64. The topological polar surface area (TPSA) is 79.8 Å². The van der Waals surface area contributed by atoms with Crippen LogP contribution >= 0.6 is 0 Å². The molecule has 2 atom stereocenters.